The van der Waals surface area contributed by atoms with Crippen LogP contribution in [0.25, 0.3) is 0 Å². The van der Waals surface area contributed by atoms with Gasteiger partial charge in [-0.15, -0.1) is 0 Å². The molecule has 9 heteroatoms. The van der Waals surface area contributed by atoms with E-state index in [9.17, 15) is 18.0 Å². The molecule has 2 aromatic rings. The molecule has 3 aliphatic rings. The molecule has 3 fully saturated rings. The van der Waals surface area contributed by atoms with E-state index in [1.54, 1.807) is 18.3 Å². The Morgan fingerprint density at radius 3 is 2.67 bits per heavy atom. The molecule has 1 saturated heterocycles. The standard InChI is InChI=1S/C30H40F3N5O/c1-38(20-21-6-3-2-4-7-21)25(15-22-9-10-27-24(14-22)18-36-37-27)19-35-28(39)16-26(23-8-5-13-34-17-23)29(11-12-29)30(31,32)33/h2-8,13,17,22,24-27,36-37H,9-12,14-16,18-20H2,1H3,(H,35,39)/t22?,24?,25-,26+,27?/m0/s1. The van der Waals surface area contributed by atoms with Crippen molar-refractivity contribution in [2.75, 3.05) is 20.1 Å². The first-order chi connectivity index (χ1) is 18.7. The summed E-state index contributed by atoms with van der Waals surface area (Å²) in [6.45, 7) is 2.15. The molecule has 6 nitrogen and oxygen atoms in total. The molecule has 2 heterocycles. The van der Waals surface area contributed by atoms with Crippen molar-refractivity contribution in [3.05, 3.63) is 66.0 Å². The van der Waals surface area contributed by atoms with E-state index in [2.05, 4.69) is 45.2 Å². The van der Waals surface area contributed by atoms with Gasteiger partial charge in [-0.2, -0.15) is 13.2 Å². The number of hydrogen-bond acceptors (Lipinski definition) is 5. The smallest absolute Gasteiger partial charge is 0.355 e. The van der Waals surface area contributed by atoms with Gasteiger partial charge in [0.1, 0.15) is 0 Å². The summed E-state index contributed by atoms with van der Waals surface area (Å²) >= 11 is 0. The van der Waals surface area contributed by atoms with E-state index in [-0.39, 0.29) is 31.2 Å². The molecule has 0 bridgehead atoms. The number of nitrogens with one attached hydrogen (secondary N) is 3. The maximum absolute atomic E-state index is 14.1. The van der Waals surface area contributed by atoms with Crippen LogP contribution in [0.1, 0.15) is 62.0 Å². The van der Waals surface area contributed by atoms with Crippen LogP contribution in [0.3, 0.4) is 0 Å². The summed E-state index contributed by atoms with van der Waals surface area (Å²) in [5.41, 5.74) is 6.52. The zero-order chi connectivity index (χ0) is 27.5. The summed E-state index contributed by atoms with van der Waals surface area (Å²) < 4.78 is 42.3. The number of alkyl halides is 3. The van der Waals surface area contributed by atoms with E-state index in [1.165, 1.54) is 11.8 Å². The lowest BCUT2D eigenvalue weighted by Gasteiger charge is -2.36. The predicted molar refractivity (Wildman–Crippen MR) is 144 cm³/mol. The summed E-state index contributed by atoms with van der Waals surface area (Å²) in [6, 6.07) is 14.2. The number of hydrazine groups is 1. The summed E-state index contributed by atoms with van der Waals surface area (Å²) in [4.78, 5) is 19.5. The lowest BCUT2D eigenvalue weighted by Crippen LogP contribution is -2.44. The molecule has 1 aliphatic heterocycles. The number of aromatic nitrogens is 1. The van der Waals surface area contributed by atoms with Crippen molar-refractivity contribution in [3.8, 4) is 0 Å². The fraction of sp³-hybridized carbons (Fsp3) is 0.600. The fourth-order valence-corrected chi connectivity index (χ4v) is 6.78. The molecule has 0 spiro atoms. The van der Waals surface area contributed by atoms with Gasteiger partial charge in [-0.25, -0.2) is 0 Å². The normalized spacial score (nSPS) is 25.6. The molecule has 0 radical (unpaired) electrons. The quantitative estimate of drug-likeness (QED) is 0.380. The Labute approximate surface area is 229 Å². The third kappa shape index (κ3) is 6.64. The molecule has 3 unspecified atom stereocenters. The average Bonchev–Trinajstić information content (AvgIpc) is 3.62. The Balaban J connectivity index is 1.26. The lowest BCUT2D eigenvalue weighted by molar-refractivity contribution is -0.194. The zero-order valence-electron chi connectivity index (χ0n) is 22.6. The Morgan fingerprint density at radius 2 is 1.97 bits per heavy atom. The molecular weight excluding hydrogens is 503 g/mol. The lowest BCUT2D eigenvalue weighted by atomic mass is 9.76. The number of likely N-dealkylation sites (N-methyl/N-ethyl adjacent to an activating group) is 1. The highest BCUT2D eigenvalue weighted by atomic mass is 19.4. The van der Waals surface area contributed by atoms with E-state index in [4.69, 9.17) is 0 Å². The van der Waals surface area contributed by atoms with Crippen molar-refractivity contribution >= 4 is 5.91 Å². The van der Waals surface area contributed by atoms with Crippen molar-refractivity contribution in [2.45, 2.75) is 75.7 Å². The number of fused-ring (bicyclic) bond motifs is 1. The molecule has 3 N–H and O–H groups in total. The zero-order valence-corrected chi connectivity index (χ0v) is 22.6. The summed E-state index contributed by atoms with van der Waals surface area (Å²) in [6.07, 6.45) is 2.96. The molecule has 39 heavy (non-hydrogen) atoms. The Bertz CT molecular complexity index is 1080. The number of halogens is 3. The minimum absolute atomic E-state index is 0.0549. The van der Waals surface area contributed by atoms with E-state index in [1.807, 2.05) is 18.2 Å². The number of pyridine rings is 1. The third-order valence-corrected chi connectivity index (χ3v) is 9.28. The third-order valence-electron chi connectivity index (χ3n) is 9.28. The van der Waals surface area contributed by atoms with Gasteiger partial charge >= 0.3 is 6.18 Å². The van der Waals surface area contributed by atoms with Crippen molar-refractivity contribution in [3.63, 3.8) is 0 Å². The fourth-order valence-electron chi connectivity index (χ4n) is 6.78. The van der Waals surface area contributed by atoms with Crippen LogP contribution in [0.15, 0.2) is 54.9 Å². The van der Waals surface area contributed by atoms with Crippen molar-refractivity contribution in [2.24, 2.45) is 17.3 Å². The molecule has 5 atom stereocenters. The van der Waals surface area contributed by atoms with E-state index >= 15 is 0 Å². The number of hydrogen-bond donors (Lipinski definition) is 3. The van der Waals surface area contributed by atoms with Crippen LogP contribution in [0.4, 0.5) is 13.2 Å². The van der Waals surface area contributed by atoms with Crippen LogP contribution in [0, 0.1) is 17.3 Å². The van der Waals surface area contributed by atoms with Gasteiger partial charge in [-0.05, 0) is 74.6 Å². The van der Waals surface area contributed by atoms with E-state index in [0.717, 1.165) is 38.8 Å². The highest BCUT2D eigenvalue weighted by Gasteiger charge is 2.67. The maximum atomic E-state index is 14.1. The minimum atomic E-state index is -4.35. The van der Waals surface area contributed by atoms with Crippen LogP contribution < -0.4 is 16.2 Å². The second-order valence-corrected chi connectivity index (χ2v) is 11.9. The van der Waals surface area contributed by atoms with Crippen molar-refractivity contribution < 1.29 is 18.0 Å². The molecule has 1 amide bonds. The van der Waals surface area contributed by atoms with E-state index < -0.39 is 17.5 Å². The number of nitrogens with zero attached hydrogens (tertiary/aromatic N) is 2. The topological polar surface area (TPSA) is 69.3 Å². The van der Waals surface area contributed by atoms with Gasteiger partial charge < -0.3 is 5.32 Å². The molecule has 5 rings (SSSR count). The summed E-state index contributed by atoms with van der Waals surface area (Å²) in [5.74, 6) is -0.0818. The number of benzene rings is 1. The van der Waals surface area contributed by atoms with Gasteiger partial charge in [0.05, 0.1) is 5.41 Å². The van der Waals surface area contributed by atoms with Gasteiger partial charge in [-0.3, -0.25) is 25.5 Å². The van der Waals surface area contributed by atoms with Crippen LogP contribution >= 0.6 is 0 Å². The average molecular weight is 544 g/mol. The van der Waals surface area contributed by atoms with Crippen LogP contribution in [0.2, 0.25) is 0 Å². The number of carbonyl (C=O) groups excluding carboxylic acids is 1. The molecule has 1 aromatic carbocycles. The minimum Gasteiger partial charge on any atom is -0.355 e. The Morgan fingerprint density at radius 1 is 1.18 bits per heavy atom. The summed E-state index contributed by atoms with van der Waals surface area (Å²) in [5, 5.41) is 3.04. The second kappa shape index (κ2) is 11.9. The predicted octanol–water partition coefficient (Wildman–Crippen LogP) is 4.80. The first-order valence-corrected chi connectivity index (χ1v) is 14.2. The molecular formula is C30H40F3N5O. The summed E-state index contributed by atoms with van der Waals surface area (Å²) in [7, 11) is 2.08. The van der Waals surface area contributed by atoms with Gasteiger partial charge in [0, 0.05) is 56.5 Å². The second-order valence-electron chi connectivity index (χ2n) is 11.9. The molecule has 1 aromatic heterocycles. The number of rotatable bonds is 11. The van der Waals surface area contributed by atoms with Gasteiger partial charge in [0.25, 0.3) is 0 Å². The van der Waals surface area contributed by atoms with E-state index in [0.29, 0.717) is 30.0 Å². The molecule has 212 valence electrons. The van der Waals surface area contributed by atoms with Gasteiger partial charge in [-0.1, -0.05) is 36.4 Å². The van der Waals surface area contributed by atoms with Crippen LogP contribution in [-0.4, -0.2) is 54.2 Å². The van der Waals surface area contributed by atoms with Crippen LogP contribution in [-0.2, 0) is 11.3 Å². The maximum Gasteiger partial charge on any atom is 0.395 e. The number of carbonyl (C=O) groups is 1. The van der Waals surface area contributed by atoms with Crippen molar-refractivity contribution in [1.29, 1.82) is 0 Å². The van der Waals surface area contributed by atoms with Crippen LogP contribution in [0.5, 0.6) is 0 Å². The highest BCUT2D eigenvalue weighted by molar-refractivity contribution is 5.77. The Hall–Kier alpha value is -2.49. The largest absolute Gasteiger partial charge is 0.395 e. The number of amides is 1. The first kappa shape index (κ1) is 28.1. The van der Waals surface area contributed by atoms with Crippen molar-refractivity contribution in [1.82, 2.24) is 26.1 Å². The molecule has 2 saturated carbocycles. The first-order valence-electron chi connectivity index (χ1n) is 14.2. The van der Waals surface area contributed by atoms with Gasteiger partial charge in [0.15, 0.2) is 0 Å². The molecule has 2 aliphatic carbocycles. The van der Waals surface area contributed by atoms with Gasteiger partial charge in [0.2, 0.25) is 5.91 Å². The Kier molecular flexibility index (Phi) is 8.59. The monoisotopic (exact) mass is 543 g/mol. The SMILES string of the molecule is CN(Cc1ccccc1)[C@H](CNC(=O)C[C@H](c1cccnc1)C1(C(F)(F)F)CC1)CC1CCC2NNCC2C1. The highest BCUT2D eigenvalue weighted by Crippen LogP contribution is 2.66.